The van der Waals surface area contributed by atoms with Gasteiger partial charge in [0.05, 0.1) is 6.42 Å². The van der Waals surface area contributed by atoms with Crippen LogP contribution in [0.3, 0.4) is 0 Å². The highest BCUT2D eigenvalue weighted by molar-refractivity contribution is 6.11. The van der Waals surface area contributed by atoms with Crippen LogP contribution in [0.25, 0.3) is 0 Å². The van der Waals surface area contributed by atoms with Crippen LogP contribution in [-0.4, -0.2) is 52.8 Å². The normalized spacial score (nSPS) is 15.6. The number of rotatable bonds is 8. The van der Waals surface area contributed by atoms with Crippen molar-refractivity contribution in [1.82, 2.24) is 15.0 Å². The van der Waals surface area contributed by atoms with E-state index in [2.05, 4.69) is 20.4 Å². The van der Waals surface area contributed by atoms with Gasteiger partial charge in [0.1, 0.15) is 0 Å². The molecule has 0 radical (unpaired) electrons. The highest BCUT2D eigenvalue weighted by Gasteiger charge is 2.21. The molecule has 9 nitrogen and oxygen atoms in total. The van der Waals surface area contributed by atoms with E-state index in [1.807, 2.05) is 0 Å². The molecule has 1 aromatic heterocycles. The molecule has 2 aliphatic rings. The molecule has 1 amide bonds. The second-order valence-electron chi connectivity index (χ2n) is 9.83. The van der Waals surface area contributed by atoms with Gasteiger partial charge in [-0.3, -0.25) is 9.59 Å². The third-order valence-electron chi connectivity index (χ3n) is 6.88. The summed E-state index contributed by atoms with van der Waals surface area (Å²) in [7, 11) is 0. The number of nitrogens with zero attached hydrogens (tertiary/aromatic N) is 5. The first-order chi connectivity index (χ1) is 18.9. The number of piperidine rings is 2. The Morgan fingerprint density at radius 1 is 0.718 bits per heavy atom. The van der Waals surface area contributed by atoms with E-state index >= 15 is 0 Å². The quantitative estimate of drug-likeness (QED) is 0.304. The van der Waals surface area contributed by atoms with Gasteiger partial charge in [-0.05, 0) is 74.9 Å². The summed E-state index contributed by atoms with van der Waals surface area (Å²) in [6.07, 6.45) is 6.44. The van der Waals surface area contributed by atoms with Gasteiger partial charge in [-0.15, -0.1) is 0 Å². The van der Waals surface area contributed by atoms with Crippen LogP contribution >= 0.6 is 0 Å². The van der Waals surface area contributed by atoms with Crippen LogP contribution in [0.5, 0.6) is 0 Å². The summed E-state index contributed by atoms with van der Waals surface area (Å²) in [5.41, 5.74) is 1.12. The molecule has 2 saturated heterocycles. The fraction of sp³-hybridized carbons (Fsp3) is 0.393. The first kappa shape index (κ1) is 26.5. The number of anilines is 5. The number of ketones is 1. The zero-order valence-corrected chi connectivity index (χ0v) is 21.6. The molecule has 5 rings (SSSR count). The number of halogens is 2. The lowest BCUT2D eigenvalue weighted by Gasteiger charge is -2.30. The smallest absolute Gasteiger partial charge is 0.233 e. The minimum Gasteiger partial charge on any atom is -0.341 e. The standard InChI is InChI=1S/C28H31F2N7O2/c29-22-12-11-21(17-23(22)30)31-25(39)18-24(38)19-7-9-20(10-8-19)32-26-33-27(36-13-3-1-4-14-36)35-28(34-26)37-15-5-2-6-16-37/h7-12,17H,1-6,13-16,18H2,(H,31,39)(H,32,33,34,35). The lowest BCUT2D eigenvalue weighted by Crippen LogP contribution is -2.34. The molecule has 2 N–H and O–H groups in total. The van der Waals surface area contributed by atoms with Gasteiger partial charge < -0.3 is 20.4 Å². The van der Waals surface area contributed by atoms with Gasteiger partial charge in [0, 0.05) is 49.2 Å². The van der Waals surface area contributed by atoms with E-state index in [0.717, 1.165) is 64.0 Å². The van der Waals surface area contributed by atoms with Crippen molar-refractivity contribution in [3.63, 3.8) is 0 Å². The number of benzene rings is 2. The lowest BCUT2D eigenvalue weighted by atomic mass is 10.1. The summed E-state index contributed by atoms with van der Waals surface area (Å²) in [5, 5.41) is 5.65. The van der Waals surface area contributed by atoms with E-state index in [1.165, 1.54) is 18.9 Å². The van der Waals surface area contributed by atoms with Gasteiger partial charge >= 0.3 is 0 Å². The summed E-state index contributed by atoms with van der Waals surface area (Å²) in [6.45, 7) is 3.68. The monoisotopic (exact) mass is 535 g/mol. The second kappa shape index (κ2) is 12.1. The van der Waals surface area contributed by atoms with Crippen molar-refractivity contribution in [3.8, 4) is 0 Å². The number of aromatic nitrogens is 3. The molecule has 3 aromatic rings. The molecule has 0 unspecified atom stereocenters. The molecule has 0 spiro atoms. The van der Waals surface area contributed by atoms with E-state index in [4.69, 9.17) is 15.0 Å². The highest BCUT2D eigenvalue weighted by Crippen LogP contribution is 2.24. The SMILES string of the molecule is O=C(CC(=O)c1ccc(Nc2nc(N3CCCCC3)nc(N3CCCCC3)n2)cc1)Nc1ccc(F)c(F)c1. The van der Waals surface area contributed by atoms with E-state index in [1.54, 1.807) is 24.3 Å². The van der Waals surface area contributed by atoms with Crippen molar-refractivity contribution in [2.75, 3.05) is 46.6 Å². The first-order valence-corrected chi connectivity index (χ1v) is 13.4. The molecule has 11 heteroatoms. The van der Waals surface area contributed by atoms with Crippen LogP contribution < -0.4 is 20.4 Å². The van der Waals surface area contributed by atoms with Gasteiger partial charge in [-0.25, -0.2) is 8.78 Å². The minimum atomic E-state index is -1.08. The van der Waals surface area contributed by atoms with E-state index in [-0.39, 0.29) is 5.69 Å². The van der Waals surface area contributed by atoms with Gasteiger partial charge in [0.25, 0.3) is 0 Å². The van der Waals surface area contributed by atoms with Gasteiger partial charge in [-0.1, -0.05) is 0 Å². The maximum absolute atomic E-state index is 13.4. The van der Waals surface area contributed by atoms with Crippen molar-refractivity contribution in [2.45, 2.75) is 44.9 Å². The third-order valence-corrected chi connectivity index (χ3v) is 6.88. The molecule has 2 fully saturated rings. The number of nitrogens with one attached hydrogen (secondary N) is 2. The Kier molecular flexibility index (Phi) is 8.24. The predicted octanol–water partition coefficient (Wildman–Crippen LogP) is 5.09. The Bertz CT molecular complexity index is 1290. The fourth-order valence-electron chi connectivity index (χ4n) is 4.78. The van der Waals surface area contributed by atoms with Gasteiger partial charge in [0.15, 0.2) is 17.4 Å². The molecule has 39 heavy (non-hydrogen) atoms. The Hall–Kier alpha value is -4.15. The number of hydrogen-bond donors (Lipinski definition) is 2. The van der Waals surface area contributed by atoms with Crippen molar-refractivity contribution in [3.05, 3.63) is 59.7 Å². The Morgan fingerprint density at radius 2 is 1.28 bits per heavy atom. The number of carbonyl (C=O) groups excluding carboxylic acids is 2. The van der Waals surface area contributed by atoms with Crippen molar-refractivity contribution >= 4 is 40.9 Å². The van der Waals surface area contributed by atoms with Crippen molar-refractivity contribution in [2.24, 2.45) is 0 Å². The summed E-state index contributed by atoms with van der Waals surface area (Å²) < 4.78 is 26.5. The maximum atomic E-state index is 13.4. The number of Topliss-reactive ketones (excluding diaryl/α,β-unsaturated/α-hetero) is 1. The summed E-state index contributed by atoms with van der Waals surface area (Å²) in [5.74, 6) is -1.32. The zero-order chi connectivity index (χ0) is 27.2. The van der Waals surface area contributed by atoms with Crippen LogP contribution in [0, 0.1) is 11.6 Å². The summed E-state index contributed by atoms with van der Waals surface area (Å²) in [4.78, 5) is 43.4. The third kappa shape index (κ3) is 6.84. The largest absolute Gasteiger partial charge is 0.341 e. The fourth-order valence-corrected chi connectivity index (χ4v) is 4.78. The minimum absolute atomic E-state index is 0.0800. The lowest BCUT2D eigenvalue weighted by molar-refractivity contribution is -0.115. The predicted molar refractivity (Wildman–Crippen MR) is 146 cm³/mol. The van der Waals surface area contributed by atoms with Crippen LogP contribution in [-0.2, 0) is 4.79 Å². The molecule has 2 aromatic carbocycles. The van der Waals surface area contributed by atoms with Crippen LogP contribution in [0.2, 0.25) is 0 Å². The first-order valence-electron chi connectivity index (χ1n) is 13.4. The number of amides is 1. The average molecular weight is 536 g/mol. The van der Waals surface area contributed by atoms with Gasteiger partial charge in [0.2, 0.25) is 23.8 Å². The molecule has 0 aliphatic carbocycles. The van der Waals surface area contributed by atoms with Crippen molar-refractivity contribution < 1.29 is 18.4 Å². The van der Waals surface area contributed by atoms with Gasteiger partial charge in [-0.2, -0.15) is 15.0 Å². The van der Waals surface area contributed by atoms with E-state index in [0.29, 0.717) is 29.1 Å². The second-order valence-corrected chi connectivity index (χ2v) is 9.83. The van der Waals surface area contributed by atoms with Crippen LogP contribution in [0.15, 0.2) is 42.5 Å². The molecule has 0 bridgehead atoms. The molecular formula is C28H31F2N7O2. The number of hydrogen-bond acceptors (Lipinski definition) is 8. The van der Waals surface area contributed by atoms with Crippen molar-refractivity contribution in [1.29, 1.82) is 0 Å². The zero-order valence-electron chi connectivity index (χ0n) is 21.6. The Morgan fingerprint density at radius 3 is 1.85 bits per heavy atom. The van der Waals surface area contributed by atoms with Crippen LogP contribution in [0.4, 0.5) is 38.0 Å². The topological polar surface area (TPSA) is 103 Å². The summed E-state index contributed by atoms with van der Waals surface area (Å²) in [6, 6.07) is 9.71. The molecule has 0 atom stereocenters. The average Bonchev–Trinajstić information content (AvgIpc) is 2.96. The molecule has 2 aliphatic heterocycles. The molecule has 3 heterocycles. The number of carbonyl (C=O) groups is 2. The van der Waals surface area contributed by atoms with E-state index < -0.39 is 29.7 Å². The summed E-state index contributed by atoms with van der Waals surface area (Å²) >= 11 is 0. The maximum Gasteiger partial charge on any atom is 0.233 e. The Balaban J connectivity index is 1.26. The van der Waals surface area contributed by atoms with Crippen LogP contribution in [0.1, 0.15) is 55.3 Å². The molecular weight excluding hydrogens is 504 g/mol. The Labute approximate surface area is 225 Å². The molecule has 0 saturated carbocycles. The highest BCUT2D eigenvalue weighted by atomic mass is 19.2. The molecule has 204 valence electrons. The van der Waals surface area contributed by atoms with E-state index in [9.17, 15) is 18.4 Å².